The molecule has 1 N–H and O–H groups in total. The Morgan fingerprint density at radius 3 is 2.00 bits per heavy atom. The summed E-state index contributed by atoms with van der Waals surface area (Å²) >= 11 is 0. The second kappa shape index (κ2) is 9.88. The summed E-state index contributed by atoms with van der Waals surface area (Å²) in [6, 6.07) is 10.3. The number of carboxylic acids is 1. The zero-order chi connectivity index (χ0) is 20.7. The van der Waals surface area contributed by atoms with E-state index in [2.05, 4.69) is 53.7 Å². The minimum atomic E-state index is -2.73. The molecule has 0 radical (unpaired) electrons. The smallest absolute Gasteiger partial charge is 0.328 e. The van der Waals surface area contributed by atoms with Crippen LogP contribution >= 0.6 is 0 Å². The number of aliphatic carboxylic acids is 1. The van der Waals surface area contributed by atoms with Crippen molar-refractivity contribution in [2.45, 2.75) is 76.9 Å². The third kappa shape index (κ3) is 4.70. The van der Waals surface area contributed by atoms with Gasteiger partial charge in [-0.15, -0.1) is 0 Å². The van der Waals surface area contributed by atoms with Crippen molar-refractivity contribution in [1.82, 2.24) is 0 Å². The van der Waals surface area contributed by atoms with Gasteiger partial charge in [0.15, 0.2) is 0 Å². The summed E-state index contributed by atoms with van der Waals surface area (Å²) in [5.41, 5.74) is 1.66. The molecule has 0 fully saturated rings. The summed E-state index contributed by atoms with van der Waals surface area (Å²) < 4.78 is 6.35. The van der Waals surface area contributed by atoms with Crippen LogP contribution in [0.15, 0.2) is 42.5 Å². The van der Waals surface area contributed by atoms with Crippen molar-refractivity contribution in [3.8, 4) is 0 Å². The van der Waals surface area contributed by atoms with Crippen LogP contribution in [0, 0.1) is 0 Å². The van der Waals surface area contributed by atoms with Gasteiger partial charge in [0.05, 0.1) is 0 Å². The van der Waals surface area contributed by atoms with Crippen LogP contribution in [0.4, 0.5) is 0 Å². The van der Waals surface area contributed by atoms with Gasteiger partial charge in [0.25, 0.3) is 8.32 Å². The average Bonchev–Trinajstić information content (AvgIpc) is 2.69. The van der Waals surface area contributed by atoms with E-state index in [1.165, 1.54) is 5.56 Å². The number of benzene rings is 1. The molecule has 0 heterocycles. The molecule has 1 aromatic carbocycles. The van der Waals surface area contributed by atoms with E-state index in [4.69, 9.17) is 9.53 Å². The number of rotatable bonds is 10. The molecule has 5 heteroatoms. The molecule has 0 aromatic heterocycles. The lowest BCUT2D eigenvalue weighted by atomic mass is 9.97. The fourth-order valence-electron chi connectivity index (χ4n) is 4.35. The maximum absolute atomic E-state index is 12.7. The molecule has 27 heavy (non-hydrogen) atoms. The van der Waals surface area contributed by atoms with E-state index < -0.39 is 20.3 Å². The van der Waals surface area contributed by atoms with Crippen LogP contribution < -0.4 is 0 Å². The Morgan fingerprint density at radius 2 is 1.59 bits per heavy atom. The van der Waals surface area contributed by atoms with Crippen molar-refractivity contribution in [3.05, 3.63) is 48.0 Å². The van der Waals surface area contributed by atoms with Gasteiger partial charge in [-0.2, -0.15) is 0 Å². The van der Waals surface area contributed by atoms with Gasteiger partial charge in [-0.3, -0.25) is 0 Å². The minimum absolute atomic E-state index is 0.236. The Bertz CT molecular complexity index is 646. The maximum Gasteiger partial charge on any atom is 0.328 e. The third-order valence-electron chi connectivity index (χ3n) is 6.30. The number of hydrogen-bond donors (Lipinski definition) is 1. The zero-order valence-corrected chi connectivity index (χ0v) is 18.5. The first-order valence-electron chi connectivity index (χ1n) is 9.88. The molecule has 0 saturated heterocycles. The summed E-state index contributed by atoms with van der Waals surface area (Å²) in [4.78, 5) is 23.5. The molecule has 3 unspecified atom stereocenters. The fourth-order valence-corrected chi connectivity index (χ4v) is 10.9. The summed E-state index contributed by atoms with van der Waals surface area (Å²) in [6.45, 7) is 13.0. The van der Waals surface area contributed by atoms with Crippen molar-refractivity contribution >= 4 is 20.3 Å². The van der Waals surface area contributed by atoms with Gasteiger partial charge in [-0.1, -0.05) is 84.7 Å². The van der Waals surface area contributed by atoms with Crippen molar-refractivity contribution in [1.29, 1.82) is 0 Å². The highest BCUT2D eigenvalue weighted by Crippen LogP contribution is 2.52. The van der Waals surface area contributed by atoms with Crippen molar-refractivity contribution in [3.63, 3.8) is 0 Å². The molecule has 1 rings (SSSR count). The first-order valence-corrected chi connectivity index (χ1v) is 11.9. The molecule has 0 saturated carbocycles. The van der Waals surface area contributed by atoms with Gasteiger partial charge < -0.3 is 9.53 Å². The van der Waals surface area contributed by atoms with Crippen molar-refractivity contribution in [2.24, 2.45) is 0 Å². The molecule has 0 bridgehead atoms. The molecule has 0 aliphatic carbocycles. The van der Waals surface area contributed by atoms with Gasteiger partial charge >= 0.3 is 11.9 Å². The van der Waals surface area contributed by atoms with E-state index in [0.717, 1.165) is 31.4 Å². The van der Waals surface area contributed by atoms with Gasteiger partial charge in [0, 0.05) is 17.2 Å². The molecule has 1 aromatic rings. The second-order valence-electron chi connectivity index (χ2n) is 7.56. The molecule has 0 aliphatic heterocycles. The van der Waals surface area contributed by atoms with Gasteiger partial charge in [-0.25, -0.2) is 9.59 Å². The lowest BCUT2D eigenvalue weighted by Crippen LogP contribution is -2.62. The highest BCUT2D eigenvalue weighted by Gasteiger charge is 2.60. The highest BCUT2D eigenvalue weighted by atomic mass is 28.4. The van der Waals surface area contributed by atoms with Gasteiger partial charge in [0.2, 0.25) is 0 Å². The Balaban J connectivity index is 3.63. The standard InChI is InChI=1S/C22H34O4Si/c1-7-17(4)27(18(5)8-2,26-21(25)16-15-20(23)24)22(6,9-3)19-13-11-10-12-14-19/h10-18H,7-9H2,1-6H3,(H,23,24)/b16-15-. The molecular formula is C22H34O4Si. The van der Waals surface area contributed by atoms with E-state index in [-0.39, 0.29) is 16.1 Å². The number of carbonyl (C=O) groups excluding carboxylic acids is 1. The molecule has 3 atom stereocenters. The van der Waals surface area contributed by atoms with Crippen LogP contribution in [0.25, 0.3) is 0 Å². The lowest BCUT2D eigenvalue weighted by molar-refractivity contribution is -0.133. The Morgan fingerprint density at radius 1 is 1.07 bits per heavy atom. The normalized spacial score (nSPS) is 18.3. The topological polar surface area (TPSA) is 63.6 Å². The minimum Gasteiger partial charge on any atom is -0.515 e. The van der Waals surface area contributed by atoms with E-state index in [1.54, 1.807) is 0 Å². The Hall–Kier alpha value is -1.88. The van der Waals surface area contributed by atoms with Crippen LogP contribution in [0.1, 0.15) is 66.4 Å². The number of carbonyl (C=O) groups is 2. The zero-order valence-electron chi connectivity index (χ0n) is 17.5. The Labute approximate surface area is 164 Å². The fraction of sp³-hybridized carbons (Fsp3) is 0.545. The summed E-state index contributed by atoms with van der Waals surface area (Å²) in [5.74, 6) is -1.69. The third-order valence-corrected chi connectivity index (χ3v) is 13.0. The van der Waals surface area contributed by atoms with E-state index >= 15 is 0 Å². The first kappa shape index (κ1) is 23.2. The van der Waals surface area contributed by atoms with Crippen molar-refractivity contribution in [2.75, 3.05) is 0 Å². The summed E-state index contributed by atoms with van der Waals surface area (Å²) in [5, 5.41) is 8.60. The monoisotopic (exact) mass is 390 g/mol. The van der Waals surface area contributed by atoms with E-state index in [0.29, 0.717) is 0 Å². The molecule has 0 aliphatic rings. The Kier molecular flexibility index (Phi) is 8.47. The van der Waals surface area contributed by atoms with Crippen LogP contribution in [-0.2, 0) is 19.1 Å². The molecular weight excluding hydrogens is 356 g/mol. The van der Waals surface area contributed by atoms with E-state index in [9.17, 15) is 9.59 Å². The van der Waals surface area contributed by atoms with Crippen LogP contribution in [-0.4, -0.2) is 25.4 Å². The van der Waals surface area contributed by atoms with Gasteiger partial charge in [-0.05, 0) is 23.1 Å². The van der Waals surface area contributed by atoms with Crippen LogP contribution in [0.3, 0.4) is 0 Å². The average molecular weight is 391 g/mol. The quantitative estimate of drug-likeness (QED) is 0.416. The lowest BCUT2D eigenvalue weighted by Gasteiger charge is -2.52. The molecule has 150 valence electrons. The van der Waals surface area contributed by atoms with Crippen LogP contribution in [0.5, 0.6) is 0 Å². The first-order chi connectivity index (χ1) is 12.7. The van der Waals surface area contributed by atoms with Crippen LogP contribution in [0.2, 0.25) is 11.1 Å². The SMILES string of the molecule is CCC(C)[Si](OC(=O)/C=C\C(=O)O)(C(C)CC)C(C)(CC)c1ccccc1. The predicted molar refractivity (Wildman–Crippen MR) is 112 cm³/mol. The second-order valence-corrected chi connectivity index (χ2v) is 12.4. The number of carboxylic acid groups (broad SMARTS) is 1. The summed E-state index contributed by atoms with van der Waals surface area (Å²) in [6.07, 6.45) is 4.59. The number of hydrogen-bond acceptors (Lipinski definition) is 3. The molecule has 0 amide bonds. The van der Waals surface area contributed by atoms with Crippen molar-refractivity contribution < 1.29 is 19.1 Å². The largest absolute Gasteiger partial charge is 0.515 e. The predicted octanol–water partition coefficient (Wildman–Crippen LogP) is 5.62. The molecule has 0 spiro atoms. The highest BCUT2D eigenvalue weighted by molar-refractivity contribution is 6.80. The molecule has 4 nitrogen and oxygen atoms in total. The van der Waals surface area contributed by atoms with E-state index in [1.807, 2.05) is 18.2 Å². The maximum atomic E-state index is 12.7. The summed E-state index contributed by atoms with van der Waals surface area (Å²) in [7, 11) is -2.73. The van der Waals surface area contributed by atoms with Gasteiger partial charge in [0.1, 0.15) is 0 Å².